The average molecular weight is 327 g/mol. The highest BCUT2D eigenvalue weighted by molar-refractivity contribution is 5.52. The van der Waals surface area contributed by atoms with Crippen LogP contribution in [0.1, 0.15) is 24.2 Å². The number of rotatable bonds is 8. The lowest BCUT2D eigenvalue weighted by atomic mass is 10.1. The Balaban J connectivity index is 1.91. The minimum atomic E-state index is -0.626. The Morgan fingerprint density at radius 1 is 1.08 bits per heavy atom. The van der Waals surface area contributed by atoms with E-state index in [1.807, 2.05) is 30.3 Å². The summed E-state index contributed by atoms with van der Waals surface area (Å²) in [5, 5.41) is 13.6. The summed E-state index contributed by atoms with van der Waals surface area (Å²) in [6.07, 6.45) is 1.51. The van der Waals surface area contributed by atoms with E-state index >= 15 is 0 Å². The van der Waals surface area contributed by atoms with Crippen LogP contribution >= 0.6 is 0 Å². The lowest BCUT2D eigenvalue weighted by molar-refractivity contribution is 0.175. The van der Waals surface area contributed by atoms with Crippen LogP contribution in [0.5, 0.6) is 11.5 Å². The molecule has 128 valence electrons. The van der Waals surface area contributed by atoms with Crippen molar-refractivity contribution in [3.63, 3.8) is 0 Å². The van der Waals surface area contributed by atoms with E-state index < -0.39 is 6.10 Å². The maximum atomic E-state index is 10.4. The Morgan fingerprint density at radius 2 is 1.71 bits per heavy atom. The third-order valence-corrected chi connectivity index (χ3v) is 3.71. The van der Waals surface area contributed by atoms with Crippen LogP contribution in [-0.4, -0.2) is 32.4 Å². The molecule has 2 aromatic carbocycles. The van der Waals surface area contributed by atoms with E-state index in [1.54, 1.807) is 20.3 Å². The van der Waals surface area contributed by atoms with Gasteiger partial charge in [0.05, 0.1) is 20.3 Å². The fraction of sp³-hybridized carbons (Fsp3) is 0.300. The number of nitrogens with one attached hydrogen (secondary N) is 1. The molecule has 1 unspecified atom stereocenters. The number of ether oxygens (including phenoxy) is 2. The molecule has 2 N–H and O–H groups in total. The fourth-order valence-corrected chi connectivity index (χ4v) is 2.43. The van der Waals surface area contributed by atoms with Gasteiger partial charge >= 0.3 is 0 Å². The summed E-state index contributed by atoms with van der Waals surface area (Å²) in [6.45, 7) is 3.24. The summed E-state index contributed by atoms with van der Waals surface area (Å²) < 4.78 is 10.5. The van der Waals surface area contributed by atoms with Gasteiger partial charge in [0.2, 0.25) is 0 Å². The topological polar surface area (TPSA) is 50.7 Å². The van der Waals surface area contributed by atoms with Crippen LogP contribution in [-0.2, 0) is 0 Å². The first kappa shape index (κ1) is 18.0. The first-order valence-corrected chi connectivity index (χ1v) is 7.96. The second-order valence-electron chi connectivity index (χ2n) is 5.69. The van der Waals surface area contributed by atoms with Crippen molar-refractivity contribution >= 4 is 6.08 Å². The molecule has 4 heteroatoms. The number of methoxy groups -OCH3 is 2. The van der Waals surface area contributed by atoms with Gasteiger partial charge in [-0.25, -0.2) is 0 Å². The zero-order valence-electron chi connectivity index (χ0n) is 14.5. The molecule has 24 heavy (non-hydrogen) atoms. The standard InChI is InChI=1S/C20H25NO3/c1-15(9-16-7-5-4-6-8-16)13-21-14-20(22)17-10-18(23-2)12-19(11-17)24-3/h4-12,20-22H,13-14H2,1-3H3. The molecular formula is C20H25NO3. The van der Waals surface area contributed by atoms with Crippen molar-refractivity contribution in [1.82, 2.24) is 5.32 Å². The lowest BCUT2D eigenvalue weighted by Gasteiger charge is -2.15. The molecule has 0 aliphatic heterocycles. The second kappa shape index (κ2) is 9.11. The molecule has 2 aromatic rings. The smallest absolute Gasteiger partial charge is 0.122 e. The predicted molar refractivity (Wildman–Crippen MR) is 97.5 cm³/mol. The van der Waals surface area contributed by atoms with Gasteiger partial charge in [0.1, 0.15) is 11.5 Å². The third-order valence-electron chi connectivity index (χ3n) is 3.71. The first-order valence-electron chi connectivity index (χ1n) is 7.96. The van der Waals surface area contributed by atoms with E-state index in [1.165, 1.54) is 11.1 Å². The van der Waals surface area contributed by atoms with Gasteiger partial charge in [-0.1, -0.05) is 42.0 Å². The van der Waals surface area contributed by atoms with Crippen LogP contribution in [0.2, 0.25) is 0 Å². The zero-order valence-corrected chi connectivity index (χ0v) is 14.5. The SMILES string of the molecule is COc1cc(OC)cc(C(O)CNCC(C)=Cc2ccccc2)c1. The number of aliphatic hydroxyl groups is 1. The molecule has 0 spiro atoms. The molecule has 0 fully saturated rings. The molecule has 0 aromatic heterocycles. The maximum absolute atomic E-state index is 10.4. The molecule has 0 aliphatic rings. The average Bonchev–Trinajstić information content (AvgIpc) is 2.61. The highest BCUT2D eigenvalue weighted by atomic mass is 16.5. The maximum Gasteiger partial charge on any atom is 0.122 e. The zero-order chi connectivity index (χ0) is 17.4. The minimum Gasteiger partial charge on any atom is -0.497 e. The summed E-state index contributed by atoms with van der Waals surface area (Å²) in [5.41, 5.74) is 3.15. The normalized spacial score (nSPS) is 12.8. The van der Waals surface area contributed by atoms with E-state index in [0.717, 1.165) is 5.56 Å². The molecule has 0 saturated carbocycles. The largest absolute Gasteiger partial charge is 0.497 e. The second-order valence-corrected chi connectivity index (χ2v) is 5.69. The number of benzene rings is 2. The Bertz CT molecular complexity index is 646. The molecule has 0 bridgehead atoms. The van der Waals surface area contributed by atoms with Crippen LogP contribution in [0.3, 0.4) is 0 Å². The molecule has 4 nitrogen and oxygen atoms in total. The van der Waals surface area contributed by atoms with Crippen molar-refractivity contribution in [2.24, 2.45) is 0 Å². The van der Waals surface area contributed by atoms with Crippen molar-refractivity contribution in [2.45, 2.75) is 13.0 Å². The Kier molecular flexibility index (Phi) is 6.85. The van der Waals surface area contributed by atoms with Gasteiger partial charge in [-0.2, -0.15) is 0 Å². The highest BCUT2D eigenvalue weighted by Gasteiger charge is 2.10. The van der Waals surface area contributed by atoms with Crippen LogP contribution in [0.4, 0.5) is 0 Å². The van der Waals surface area contributed by atoms with Crippen LogP contribution in [0, 0.1) is 0 Å². The summed E-state index contributed by atoms with van der Waals surface area (Å²) in [6, 6.07) is 15.6. The van der Waals surface area contributed by atoms with Gasteiger partial charge in [0.15, 0.2) is 0 Å². The quantitative estimate of drug-likeness (QED) is 0.780. The number of hydrogen-bond acceptors (Lipinski definition) is 4. The summed E-state index contributed by atoms with van der Waals surface area (Å²) in [5.74, 6) is 1.34. The van der Waals surface area contributed by atoms with Gasteiger partial charge in [-0.3, -0.25) is 0 Å². The van der Waals surface area contributed by atoms with Gasteiger partial charge in [-0.05, 0) is 30.2 Å². The monoisotopic (exact) mass is 327 g/mol. The molecule has 1 atom stereocenters. The van der Waals surface area contributed by atoms with E-state index in [0.29, 0.717) is 24.6 Å². The Labute approximate surface area is 143 Å². The third kappa shape index (κ3) is 5.41. The molecule has 0 aliphatic carbocycles. The molecule has 2 rings (SSSR count). The Morgan fingerprint density at radius 3 is 2.29 bits per heavy atom. The Hall–Kier alpha value is -2.30. The van der Waals surface area contributed by atoms with E-state index in [-0.39, 0.29) is 0 Å². The molecule has 0 radical (unpaired) electrons. The van der Waals surface area contributed by atoms with Crippen LogP contribution < -0.4 is 14.8 Å². The van der Waals surface area contributed by atoms with Gasteiger partial charge < -0.3 is 19.9 Å². The first-order chi connectivity index (χ1) is 11.6. The molecule has 0 saturated heterocycles. The van der Waals surface area contributed by atoms with Crippen LogP contribution in [0.15, 0.2) is 54.1 Å². The predicted octanol–water partition coefficient (Wildman–Crippen LogP) is 3.43. The lowest BCUT2D eigenvalue weighted by Crippen LogP contribution is -2.23. The van der Waals surface area contributed by atoms with Gasteiger partial charge in [-0.15, -0.1) is 0 Å². The van der Waals surface area contributed by atoms with Crippen molar-refractivity contribution < 1.29 is 14.6 Å². The van der Waals surface area contributed by atoms with Gasteiger partial charge in [0, 0.05) is 19.2 Å². The minimum absolute atomic E-state index is 0.455. The van der Waals surface area contributed by atoms with Crippen molar-refractivity contribution in [3.05, 3.63) is 65.2 Å². The molecule has 0 amide bonds. The van der Waals surface area contributed by atoms with Crippen molar-refractivity contribution in [3.8, 4) is 11.5 Å². The highest BCUT2D eigenvalue weighted by Crippen LogP contribution is 2.26. The van der Waals surface area contributed by atoms with E-state index in [2.05, 4.69) is 30.4 Å². The summed E-state index contributed by atoms with van der Waals surface area (Å²) >= 11 is 0. The molecular weight excluding hydrogens is 302 g/mol. The summed E-state index contributed by atoms with van der Waals surface area (Å²) in [4.78, 5) is 0. The van der Waals surface area contributed by atoms with Crippen molar-refractivity contribution in [1.29, 1.82) is 0 Å². The van der Waals surface area contributed by atoms with Crippen LogP contribution in [0.25, 0.3) is 6.08 Å². The van der Waals surface area contributed by atoms with Crippen molar-refractivity contribution in [2.75, 3.05) is 27.3 Å². The number of aliphatic hydroxyl groups excluding tert-OH is 1. The number of hydrogen-bond donors (Lipinski definition) is 2. The fourth-order valence-electron chi connectivity index (χ4n) is 2.43. The van der Waals surface area contributed by atoms with E-state index in [9.17, 15) is 5.11 Å². The van der Waals surface area contributed by atoms with Gasteiger partial charge in [0.25, 0.3) is 0 Å². The summed E-state index contributed by atoms with van der Waals surface area (Å²) in [7, 11) is 3.20. The molecule has 0 heterocycles. The van der Waals surface area contributed by atoms with E-state index in [4.69, 9.17) is 9.47 Å².